The molecule has 4 rings (SSSR count). The summed E-state index contributed by atoms with van der Waals surface area (Å²) in [4.78, 5) is 31.9. The van der Waals surface area contributed by atoms with Crippen LogP contribution < -0.4 is 20.7 Å². The predicted octanol–water partition coefficient (Wildman–Crippen LogP) is 1.52. The molecule has 0 saturated heterocycles. The molecule has 2 aliphatic heterocycles. The molecular weight excluding hydrogens is 446 g/mol. The second kappa shape index (κ2) is 9.30. The number of nitrogens with two attached hydrogens (primary N) is 1. The molecule has 2 aromatic rings. The number of amides is 1. The molecule has 0 saturated carbocycles. The quantitative estimate of drug-likeness (QED) is 0.607. The molecule has 12 heteroatoms. The van der Waals surface area contributed by atoms with Gasteiger partial charge in [0.15, 0.2) is 11.6 Å². The highest BCUT2D eigenvalue weighted by Gasteiger charge is 2.31. The number of nitrogens with zero attached hydrogens (tertiary/aromatic N) is 5. The van der Waals surface area contributed by atoms with Crippen LogP contribution in [-0.4, -0.2) is 68.3 Å². The van der Waals surface area contributed by atoms with Crippen molar-refractivity contribution in [3.63, 3.8) is 0 Å². The highest BCUT2D eigenvalue weighted by Crippen LogP contribution is 2.32. The lowest BCUT2D eigenvalue weighted by Gasteiger charge is -2.29. The second-order valence-corrected chi connectivity index (χ2v) is 9.94. The third-order valence-electron chi connectivity index (χ3n) is 5.35. The second-order valence-electron chi connectivity index (χ2n) is 8.44. The Hall–Kier alpha value is -3.28. The third kappa shape index (κ3) is 5.21. The lowest BCUT2D eigenvalue weighted by molar-refractivity contribution is 0.138. The molecule has 11 nitrogen and oxygen atoms in total. The Morgan fingerprint density at radius 2 is 2.03 bits per heavy atom. The summed E-state index contributed by atoms with van der Waals surface area (Å²) in [5, 5.41) is 3.28. The van der Waals surface area contributed by atoms with Gasteiger partial charge in [0.1, 0.15) is 17.3 Å². The smallest absolute Gasteiger partial charge is 0.404 e. The van der Waals surface area contributed by atoms with Crippen LogP contribution in [0.3, 0.4) is 0 Å². The van der Waals surface area contributed by atoms with Crippen molar-refractivity contribution in [1.29, 1.82) is 0 Å². The number of hydrogen-bond acceptors (Lipinski definition) is 10. The summed E-state index contributed by atoms with van der Waals surface area (Å²) in [6.45, 7) is 5.04. The van der Waals surface area contributed by atoms with Gasteiger partial charge in [0.05, 0.1) is 41.5 Å². The summed E-state index contributed by atoms with van der Waals surface area (Å²) < 4.78 is 22.7. The zero-order valence-corrected chi connectivity index (χ0v) is 19.6. The lowest BCUT2D eigenvalue weighted by Crippen LogP contribution is -2.39. The van der Waals surface area contributed by atoms with Crippen LogP contribution in [0.5, 0.6) is 5.75 Å². The van der Waals surface area contributed by atoms with Gasteiger partial charge in [0.2, 0.25) is 5.95 Å². The number of aromatic nitrogens is 4. The molecule has 176 valence electrons. The van der Waals surface area contributed by atoms with Crippen molar-refractivity contribution in [2.45, 2.75) is 37.1 Å². The molecule has 4 heterocycles. The van der Waals surface area contributed by atoms with E-state index in [4.69, 9.17) is 25.2 Å². The average Bonchev–Trinajstić information content (AvgIpc) is 3.19. The maximum absolute atomic E-state index is 12.6. The normalized spacial score (nSPS) is 17.8. The van der Waals surface area contributed by atoms with Crippen molar-refractivity contribution in [3.8, 4) is 5.75 Å². The van der Waals surface area contributed by atoms with Crippen LogP contribution in [0.4, 0.5) is 16.6 Å². The summed E-state index contributed by atoms with van der Waals surface area (Å²) in [5.74, 6) is 2.87. The fourth-order valence-corrected chi connectivity index (χ4v) is 4.97. The van der Waals surface area contributed by atoms with Crippen LogP contribution in [0.25, 0.3) is 5.57 Å². The number of anilines is 2. The molecule has 2 aliphatic rings. The molecule has 0 unspecified atom stereocenters. The Morgan fingerprint density at radius 3 is 2.67 bits per heavy atom. The van der Waals surface area contributed by atoms with Gasteiger partial charge in [0.25, 0.3) is 0 Å². The maximum atomic E-state index is 12.6. The van der Waals surface area contributed by atoms with Crippen LogP contribution in [-0.2, 0) is 22.0 Å². The number of fused-ring (bicyclic) bond motifs is 1. The van der Waals surface area contributed by atoms with Crippen LogP contribution in [0, 0.1) is 0 Å². The van der Waals surface area contributed by atoms with Crippen LogP contribution >= 0.6 is 0 Å². The lowest BCUT2D eigenvalue weighted by atomic mass is 10.1. The first-order valence-electron chi connectivity index (χ1n) is 10.6. The zero-order chi connectivity index (χ0) is 23.6. The molecule has 1 amide bonds. The van der Waals surface area contributed by atoms with E-state index in [9.17, 15) is 9.00 Å². The fraction of sp³-hybridized carbons (Fsp3) is 0.476. The molecular formula is C21H27N7O4S. The van der Waals surface area contributed by atoms with E-state index < -0.39 is 22.4 Å². The van der Waals surface area contributed by atoms with Crippen LogP contribution in [0.15, 0.2) is 23.4 Å². The number of ether oxygens (including phenoxy) is 2. The van der Waals surface area contributed by atoms with E-state index in [1.54, 1.807) is 19.5 Å². The van der Waals surface area contributed by atoms with Crippen molar-refractivity contribution < 1.29 is 18.5 Å². The van der Waals surface area contributed by atoms with Gasteiger partial charge in [-0.25, -0.2) is 19.7 Å². The monoisotopic (exact) mass is 473 g/mol. The molecule has 3 N–H and O–H groups in total. The predicted molar refractivity (Wildman–Crippen MR) is 124 cm³/mol. The molecule has 0 aromatic carbocycles. The van der Waals surface area contributed by atoms with Gasteiger partial charge in [-0.05, 0) is 25.8 Å². The van der Waals surface area contributed by atoms with E-state index in [0.29, 0.717) is 53.5 Å². The van der Waals surface area contributed by atoms with Crippen molar-refractivity contribution >= 4 is 34.2 Å². The van der Waals surface area contributed by atoms with E-state index in [-0.39, 0.29) is 6.61 Å². The van der Waals surface area contributed by atoms with Crippen molar-refractivity contribution in [2.75, 3.05) is 42.8 Å². The molecule has 0 spiro atoms. The molecule has 0 radical (unpaired) electrons. The molecule has 0 fully saturated rings. The minimum Gasteiger partial charge on any atom is -0.494 e. The summed E-state index contributed by atoms with van der Waals surface area (Å²) >= 11 is 0. The Balaban J connectivity index is 1.56. The Bertz CT molecular complexity index is 1100. The van der Waals surface area contributed by atoms with Gasteiger partial charge in [-0.1, -0.05) is 6.08 Å². The summed E-state index contributed by atoms with van der Waals surface area (Å²) in [5.41, 5.74) is 6.27. The number of nitrogens with one attached hydrogen (secondary N) is 1. The number of primary amides is 1. The molecule has 1 atom stereocenters. The van der Waals surface area contributed by atoms with Crippen LogP contribution in [0.2, 0.25) is 0 Å². The maximum Gasteiger partial charge on any atom is 0.404 e. The molecule has 2 aromatic heterocycles. The standard InChI is InChI=1S/C21H27N7O4S/c1-21(2,12-32-19(22)29)27-18-16-15(6-9-33(16)30)25-20(26-18)28-7-4-13(5-8-28)17-23-10-14(31-3)11-24-17/h4,10-11H,5-9,12H2,1-3H3,(H2,22,29)(H,25,26,27)/t33-/m1/s1. The van der Waals surface area contributed by atoms with Gasteiger partial charge in [-0.15, -0.1) is 0 Å². The van der Waals surface area contributed by atoms with Gasteiger partial charge in [-0.3, -0.25) is 4.21 Å². The number of aryl methyl sites for hydroxylation is 1. The summed E-state index contributed by atoms with van der Waals surface area (Å²) in [7, 11) is 0.400. The Labute approximate surface area is 194 Å². The Kier molecular flexibility index (Phi) is 6.45. The fourth-order valence-electron chi connectivity index (χ4n) is 3.66. The summed E-state index contributed by atoms with van der Waals surface area (Å²) in [6, 6.07) is 0. The van der Waals surface area contributed by atoms with E-state index in [2.05, 4.69) is 26.3 Å². The average molecular weight is 474 g/mol. The minimum atomic E-state index is -1.18. The van der Waals surface area contributed by atoms with E-state index in [1.807, 2.05) is 13.8 Å². The number of carbonyl (C=O) groups excluding carboxylic acids is 1. The van der Waals surface area contributed by atoms with Crippen LogP contribution in [0.1, 0.15) is 31.8 Å². The van der Waals surface area contributed by atoms with Gasteiger partial charge in [0, 0.05) is 25.3 Å². The number of methoxy groups -OCH3 is 1. The SMILES string of the molecule is COc1cnc(C2=CCN(c3nc4c(c(NC(C)(C)COC(N)=O)n3)[S@](=O)CC4)CC2)nc1. The number of hydrogen-bond donors (Lipinski definition) is 2. The molecule has 0 bridgehead atoms. The van der Waals surface area contributed by atoms with Gasteiger partial charge < -0.3 is 25.4 Å². The van der Waals surface area contributed by atoms with Gasteiger partial charge >= 0.3 is 6.09 Å². The zero-order valence-electron chi connectivity index (χ0n) is 18.8. The highest BCUT2D eigenvalue weighted by molar-refractivity contribution is 7.85. The topological polar surface area (TPSA) is 145 Å². The highest BCUT2D eigenvalue weighted by atomic mass is 32.2. The number of rotatable bonds is 7. The first kappa shape index (κ1) is 22.9. The molecule has 33 heavy (non-hydrogen) atoms. The Morgan fingerprint density at radius 1 is 1.27 bits per heavy atom. The minimum absolute atomic E-state index is 0.0424. The van der Waals surface area contributed by atoms with Crippen molar-refractivity contribution in [2.24, 2.45) is 5.73 Å². The summed E-state index contributed by atoms with van der Waals surface area (Å²) in [6.07, 6.45) is 5.89. The first-order chi connectivity index (χ1) is 15.8. The first-order valence-corrected chi connectivity index (χ1v) is 11.9. The third-order valence-corrected chi connectivity index (χ3v) is 6.81. The van der Waals surface area contributed by atoms with Gasteiger partial charge in [-0.2, -0.15) is 4.98 Å². The van der Waals surface area contributed by atoms with E-state index in [1.165, 1.54) is 0 Å². The van der Waals surface area contributed by atoms with E-state index in [0.717, 1.165) is 17.7 Å². The van der Waals surface area contributed by atoms with Crippen molar-refractivity contribution in [1.82, 2.24) is 19.9 Å². The van der Waals surface area contributed by atoms with Crippen molar-refractivity contribution in [3.05, 3.63) is 30.0 Å². The largest absolute Gasteiger partial charge is 0.494 e. The number of carbonyl (C=O) groups is 1. The van der Waals surface area contributed by atoms with E-state index >= 15 is 0 Å². The molecule has 0 aliphatic carbocycles.